The molecule has 0 fully saturated rings. The number of hydrogen-bond acceptors (Lipinski definition) is 2. The summed E-state index contributed by atoms with van der Waals surface area (Å²) in [7, 11) is 0. The van der Waals surface area contributed by atoms with Crippen molar-refractivity contribution >= 4 is 39.9 Å². The molecule has 5 rings (SSSR count). The highest BCUT2D eigenvalue weighted by Crippen LogP contribution is 2.31. The van der Waals surface area contributed by atoms with Crippen molar-refractivity contribution in [3.63, 3.8) is 0 Å². The van der Waals surface area contributed by atoms with Crippen LogP contribution in [0.15, 0.2) is 78.9 Å². The number of carbonyl (C=O) groups is 1. The Balaban J connectivity index is 1.32. The SMILES string of the molecule is NC(Cc1ccc(Cl)cc1Cl)C(=O)N1Cc2ccc(-c3ccc4ccccc4c3)cc2C1. The molecule has 1 unspecified atom stereocenters. The molecule has 0 aliphatic carbocycles. The van der Waals surface area contributed by atoms with E-state index >= 15 is 0 Å². The van der Waals surface area contributed by atoms with Gasteiger partial charge in [0, 0.05) is 23.1 Å². The maximum absolute atomic E-state index is 13.0. The Labute approximate surface area is 197 Å². The number of hydrogen-bond donors (Lipinski definition) is 1. The number of carbonyl (C=O) groups excluding carboxylic acids is 1. The fraction of sp³-hybridized carbons (Fsp3) is 0.148. The monoisotopic (exact) mass is 460 g/mol. The second-order valence-electron chi connectivity index (χ2n) is 8.29. The summed E-state index contributed by atoms with van der Waals surface area (Å²) in [5.41, 5.74) is 11.7. The molecule has 0 saturated heterocycles. The first-order valence-corrected chi connectivity index (χ1v) is 11.3. The molecule has 4 aromatic rings. The van der Waals surface area contributed by atoms with Gasteiger partial charge in [0.25, 0.3) is 0 Å². The molecular weight excluding hydrogens is 439 g/mol. The van der Waals surface area contributed by atoms with Gasteiger partial charge in [0.05, 0.1) is 6.04 Å². The maximum atomic E-state index is 13.0. The lowest BCUT2D eigenvalue weighted by atomic mass is 9.98. The van der Waals surface area contributed by atoms with Crippen LogP contribution >= 0.6 is 23.2 Å². The highest BCUT2D eigenvalue weighted by molar-refractivity contribution is 6.35. The molecule has 3 nitrogen and oxygen atoms in total. The smallest absolute Gasteiger partial charge is 0.240 e. The van der Waals surface area contributed by atoms with Gasteiger partial charge in [-0.25, -0.2) is 0 Å². The molecular formula is C27H22Cl2N2O. The van der Waals surface area contributed by atoms with Gasteiger partial charge in [-0.2, -0.15) is 0 Å². The fourth-order valence-corrected chi connectivity index (χ4v) is 4.83. The van der Waals surface area contributed by atoms with Crippen LogP contribution in [0.2, 0.25) is 10.0 Å². The first kappa shape index (κ1) is 21.0. The van der Waals surface area contributed by atoms with E-state index in [0.29, 0.717) is 29.6 Å². The zero-order valence-corrected chi connectivity index (χ0v) is 18.9. The number of nitrogens with zero attached hydrogens (tertiary/aromatic N) is 1. The molecule has 0 radical (unpaired) electrons. The summed E-state index contributed by atoms with van der Waals surface area (Å²) in [6.45, 7) is 1.14. The summed E-state index contributed by atoms with van der Waals surface area (Å²) in [5.74, 6) is -0.0699. The van der Waals surface area contributed by atoms with Crippen molar-refractivity contribution < 1.29 is 4.79 Å². The summed E-state index contributed by atoms with van der Waals surface area (Å²) in [4.78, 5) is 14.9. The summed E-state index contributed by atoms with van der Waals surface area (Å²) >= 11 is 12.2. The third kappa shape index (κ3) is 4.12. The molecule has 1 atom stereocenters. The molecule has 0 aromatic heterocycles. The van der Waals surface area contributed by atoms with Crippen LogP contribution in [-0.4, -0.2) is 16.8 Å². The molecule has 1 aliphatic heterocycles. The molecule has 160 valence electrons. The molecule has 0 saturated carbocycles. The van der Waals surface area contributed by atoms with Crippen LogP contribution in [0.1, 0.15) is 16.7 Å². The molecule has 32 heavy (non-hydrogen) atoms. The predicted molar refractivity (Wildman–Crippen MR) is 132 cm³/mol. The standard InChI is InChI=1S/C27H22Cl2N2O/c28-24-10-9-21(25(29)14-24)13-26(30)27(32)31-15-22-8-7-20(12-23(22)16-31)19-6-5-17-3-1-2-4-18(17)11-19/h1-12,14,26H,13,15-16,30H2. The van der Waals surface area contributed by atoms with Crippen molar-refractivity contribution in [3.8, 4) is 11.1 Å². The average molecular weight is 461 g/mol. The predicted octanol–water partition coefficient (Wildman–Crippen LogP) is 6.23. The Morgan fingerprint density at radius 1 is 0.844 bits per heavy atom. The minimum atomic E-state index is -0.650. The molecule has 5 heteroatoms. The van der Waals surface area contributed by atoms with E-state index in [0.717, 1.165) is 11.1 Å². The quantitative estimate of drug-likeness (QED) is 0.392. The molecule has 0 bridgehead atoms. The first-order chi connectivity index (χ1) is 15.5. The second kappa shape index (κ2) is 8.59. The molecule has 1 aliphatic rings. The first-order valence-electron chi connectivity index (χ1n) is 10.6. The molecule has 0 spiro atoms. The van der Waals surface area contributed by atoms with Crippen LogP contribution in [0.5, 0.6) is 0 Å². The normalized spacial score (nSPS) is 13.9. The minimum absolute atomic E-state index is 0.0699. The van der Waals surface area contributed by atoms with E-state index in [1.54, 1.807) is 12.1 Å². The number of halogens is 2. The van der Waals surface area contributed by atoms with Gasteiger partial charge in [-0.1, -0.05) is 77.8 Å². The molecule has 1 amide bonds. The van der Waals surface area contributed by atoms with E-state index in [2.05, 4.69) is 60.7 Å². The lowest BCUT2D eigenvalue weighted by Gasteiger charge is -2.20. The van der Waals surface area contributed by atoms with E-state index in [1.165, 1.54) is 27.5 Å². The summed E-state index contributed by atoms with van der Waals surface area (Å²) < 4.78 is 0. The van der Waals surface area contributed by atoms with Gasteiger partial charge in [-0.3, -0.25) is 4.79 Å². The van der Waals surface area contributed by atoms with Crippen LogP contribution < -0.4 is 5.73 Å². The Morgan fingerprint density at radius 2 is 1.56 bits per heavy atom. The molecule has 4 aromatic carbocycles. The Kier molecular flexibility index (Phi) is 5.64. The van der Waals surface area contributed by atoms with Crippen molar-refractivity contribution in [1.29, 1.82) is 0 Å². The minimum Gasteiger partial charge on any atom is -0.333 e. The third-order valence-electron chi connectivity index (χ3n) is 6.10. The van der Waals surface area contributed by atoms with E-state index in [1.807, 2.05) is 11.0 Å². The Morgan fingerprint density at radius 3 is 2.38 bits per heavy atom. The van der Waals surface area contributed by atoms with Crippen molar-refractivity contribution in [2.45, 2.75) is 25.6 Å². The van der Waals surface area contributed by atoms with Gasteiger partial charge in [0.2, 0.25) is 5.91 Å². The zero-order valence-electron chi connectivity index (χ0n) is 17.4. The third-order valence-corrected chi connectivity index (χ3v) is 6.68. The highest BCUT2D eigenvalue weighted by atomic mass is 35.5. The lowest BCUT2D eigenvalue weighted by Crippen LogP contribution is -2.42. The van der Waals surface area contributed by atoms with E-state index in [4.69, 9.17) is 28.9 Å². The molecule has 1 heterocycles. The number of rotatable bonds is 4. The second-order valence-corrected chi connectivity index (χ2v) is 9.13. The number of fused-ring (bicyclic) bond motifs is 2. The molecule has 2 N–H and O–H groups in total. The number of benzene rings is 4. The van der Waals surface area contributed by atoms with Gasteiger partial charge >= 0.3 is 0 Å². The van der Waals surface area contributed by atoms with Gasteiger partial charge in [-0.05, 0) is 69.3 Å². The van der Waals surface area contributed by atoms with E-state index in [-0.39, 0.29) is 5.91 Å². The number of amides is 1. The van der Waals surface area contributed by atoms with Crippen molar-refractivity contribution in [3.05, 3.63) is 106 Å². The van der Waals surface area contributed by atoms with Crippen LogP contribution in [0.4, 0.5) is 0 Å². The van der Waals surface area contributed by atoms with Crippen molar-refractivity contribution in [2.75, 3.05) is 0 Å². The summed E-state index contributed by atoms with van der Waals surface area (Å²) in [6.07, 6.45) is 0.379. The Bertz CT molecular complexity index is 1330. The Hall–Kier alpha value is -2.85. The average Bonchev–Trinajstić information content (AvgIpc) is 3.23. The van der Waals surface area contributed by atoms with Gasteiger partial charge in [0.1, 0.15) is 0 Å². The summed E-state index contributed by atoms with van der Waals surface area (Å²) in [5, 5.41) is 3.54. The van der Waals surface area contributed by atoms with Crippen LogP contribution in [0, 0.1) is 0 Å². The largest absolute Gasteiger partial charge is 0.333 e. The zero-order chi connectivity index (χ0) is 22.2. The van der Waals surface area contributed by atoms with Crippen LogP contribution in [0.25, 0.3) is 21.9 Å². The fourth-order valence-electron chi connectivity index (χ4n) is 4.34. The van der Waals surface area contributed by atoms with E-state index < -0.39 is 6.04 Å². The highest BCUT2D eigenvalue weighted by Gasteiger charge is 2.28. The van der Waals surface area contributed by atoms with Gasteiger partial charge < -0.3 is 10.6 Å². The summed E-state index contributed by atoms with van der Waals surface area (Å²) in [6, 6.07) is 25.9. The van der Waals surface area contributed by atoms with Crippen molar-refractivity contribution in [1.82, 2.24) is 4.90 Å². The number of nitrogens with two attached hydrogens (primary N) is 1. The van der Waals surface area contributed by atoms with Gasteiger partial charge in [-0.15, -0.1) is 0 Å². The maximum Gasteiger partial charge on any atom is 0.240 e. The van der Waals surface area contributed by atoms with E-state index in [9.17, 15) is 4.79 Å². The van der Waals surface area contributed by atoms with Gasteiger partial charge in [0.15, 0.2) is 0 Å². The van der Waals surface area contributed by atoms with Crippen molar-refractivity contribution in [2.24, 2.45) is 5.73 Å². The van der Waals surface area contributed by atoms with Crippen LogP contribution in [-0.2, 0) is 24.3 Å². The lowest BCUT2D eigenvalue weighted by molar-refractivity contribution is -0.133. The topological polar surface area (TPSA) is 46.3 Å². The van der Waals surface area contributed by atoms with Crippen LogP contribution in [0.3, 0.4) is 0 Å².